The van der Waals surface area contributed by atoms with Gasteiger partial charge in [0.2, 0.25) is 0 Å². The molecule has 0 aliphatic heterocycles. The molecule has 2 nitrogen and oxygen atoms in total. The van der Waals surface area contributed by atoms with E-state index in [-0.39, 0.29) is 35.5 Å². The summed E-state index contributed by atoms with van der Waals surface area (Å²) in [5.74, 6) is 0. The topological polar surface area (TPSA) is 17.3 Å². The molecule has 3 aromatic carbocycles. The first kappa shape index (κ1) is 23.6. The third-order valence-corrected chi connectivity index (χ3v) is 6.78. The van der Waals surface area contributed by atoms with Gasteiger partial charge in [-0.25, -0.2) is 0 Å². The van der Waals surface area contributed by atoms with Gasteiger partial charge < -0.3 is 16.8 Å². The minimum atomic E-state index is 0. The second-order valence-electron chi connectivity index (χ2n) is 8.28. The molecular formula is C27H25ClMgN2. The van der Waals surface area contributed by atoms with Gasteiger partial charge in [-0.1, -0.05) is 23.1 Å². The number of hydrogen-bond donors (Lipinski definition) is 0. The SMILES string of the molecule is Cc1ccc2c(c1)c1ccc[c-]c1c1ncc(-c3c(C)c(C)c(C)c(C)c3C)n21.[Cl-].[Mg+2]. The molecule has 0 saturated carbocycles. The van der Waals surface area contributed by atoms with Crippen LogP contribution in [0.25, 0.3) is 38.6 Å². The number of aromatic nitrogens is 2. The van der Waals surface area contributed by atoms with Crippen LogP contribution in [-0.2, 0) is 0 Å². The van der Waals surface area contributed by atoms with Gasteiger partial charge in [0.1, 0.15) is 0 Å². The Kier molecular flexibility index (Phi) is 6.44. The monoisotopic (exact) mass is 436 g/mol. The van der Waals surface area contributed by atoms with Gasteiger partial charge in [0.15, 0.2) is 0 Å². The second-order valence-corrected chi connectivity index (χ2v) is 8.28. The second kappa shape index (κ2) is 8.46. The molecule has 0 unspecified atom stereocenters. The summed E-state index contributed by atoms with van der Waals surface area (Å²) in [4.78, 5) is 4.89. The van der Waals surface area contributed by atoms with Crippen molar-refractivity contribution in [2.45, 2.75) is 41.5 Å². The van der Waals surface area contributed by atoms with E-state index in [1.165, 1.54) is 55.2 Å². The number of pyridine rings is 1. The van der Waals surface area contributed by atoms with Gasteiger partial charge in [-0.2, -0.15) is 0 Å². The van der Waals surface area contributed by atoms with Gasteiger partial charge in [0.25, 0.3) is 0 Å². The fourth-order valence-corrected chi connectivity index (χ4v) is 4.74. The van der Waals surface area contributed by atoms with Crippen molar-refractivity contribution in [3.8, 4) is 11.3 Å². The molecule has 0 saturated heterocycles. The Bertz CT molecular complexity index is 1430. The summed E-state index contributed by atoms with van der Waals surface area (Å²) in [6.45, 7) is 13.3. The molecule has 2 aromatic heterocycles. The van der Waals surface area contributed by atoms with Crippen LogP contribution in [0.2, 0.25) is 0 Å². The van der Waals surface area contributed by atoms with E-state index in [2.05, 4.69) is 82.3 Å². The predicted octanol–water partition coefficient (Wildman–Crippen LogP) is 3.58. The number of nitrogens with zero attached hydrogens (tertiary/aromatic N) is 2. The first-order valence-electron chi connectivity index (χ1n) is 10.2. The zero-order valence-electron chi connectivity index (χ0n) is 19.0. The molecule has 5 aromatic rings. The first-order chi connectivity index (χ1) is 13.9. The van der Waals surface area contributed by atoms with E-state index < -0.39 is 0 Å². The van der Waals surface area contributed by atoms with Crippen LogP contribution < -0.4 is 12.4 Å². The van der Waals surface area contributed by atoms with Gasteiger partial charge in [0.05, 0.1) is 11.3 Å². The summed E-state index contributed by atoms with van der Waals surface area (Å²) in [5.41, 5.74) is 12.7. The minimum absolute atomic E-state index is 0. The molecule has 0 fully saturated rings. The Morgan fingerprint density at radius 3 is 2.13 bits per heavy atom. The Morgan fingerprint density at radius 1 is 0.806 bits per heavy atom. The smallest absolute Gasteiger partial charge is 1.00 e. The van der Waals surface area contributed by atoms with Crippen molar-refractivity contribution in [2.24, 2.45) is 0 Å². The van der Waals surface area contributed by atoms with Crippen LogP contribution in [0.15, 0.2) is 42.6 Å². The third-order valence-electron chi connectivity index (χ3n) is 6.78. The molecule has 0 atom stereocenters. The van der Waals surface area contributed by atoms with Crippen LogP contribution in [-0.4, -0.2) is 32.4 Å². The number of halogens is 1. The van der Waals surface area contributed by atoms with Crippen LogP contribution in [0.4, 0.5) is 0 Å². The van der Waals surface area contributed by atoms with E-state index in [1.54, 1.807) is 0 Å². The van der Waals surface area contributed by atoms with Crippen molar-refractivity contribution in [1.29, 1.82) is 0 Å². The summed E-state index contributed by atoms with van der Waals surface area (Å²) < 4.78 is 2.33. The summed E-state index contributed by atoms with van der Waals surface area (Å²) in [6.07, 6.45) is 2.04. The summed E-state index contributed by atoms with van der Waals surface area (Å²) in [6, 6.07) is 16.4. The number of aryl methyl sites for hydroxylation is 1. The van der Waals surface area contributed by atoms with Crippen molar-refractivity contribution in [3.63, 3.8) is 0 Å². The van der Waals surface area contributed by atoms with E-state index in [0.717, 1.165) is 16.7 Å². The zero-order valence-corrected chi connectivity index (χ0v) is 21.2. The normalized spacial score (nSPS) is 11.0. The number of imidazole rings is 1. The Morgan fingerprint density at radius 2 is 1.45 bits per heavy atom. The van der Waals surface area contributed by atoms with Gasteiger partial charge in [-0.3, -0.25) is 4.98 Å². The van der Waals surface area contributed by atoms with Crippen LogP contribution >= 0.6 is 0 Å². The number of hydrogen-bond acceptors (Lipinski definition) is 1. The molecule has 0 spiro atoms. The van der Waals surface area contributed by atoms with E-state index in [1.807, 2.05) is 12.3 Å². The van der Waals surface area contributed by atoms with E-state index in [9.17, 15) is 0 Å². The van der Waals surface area contributed by atoms with Gasteiger partial charge in [-0.05, 0) is 80.8 Å². The predicted molar refractivity (Wildman–Crippen MR) is 129 cm³/mol. The molecule has 31 heavy (non-hydrogen) atoms. The molecule has 0 bridgehead atoms. The molecule has 0 N–H and O–H groups in total. The largest absolute Gasteiger partial charge is 2.00 e. The maximum atomic E-state index is 4.89. The standard InChI is InChI=1S/C27H25N2.ClH.Mg/c1-15-11-12-24-23(13-15)21-9-7-8-10-22(21)27-28-14-25(29(24)27)26-19(5)17(3)16(2)18(4)20(26)6;;/h7-9,11-14H,1-6H3;1H;/q-1;;+2/p-1. The Balaban J connectivity index is 0.00000136. The Hall–Kier alpha value is -2.07. The fraction of sp³-hybridized carbons (Fsp3) is 0.222. The number of fused-ring (bicyclic) bond motifs is 6. The van der Waals surface area contributed by atoms with Crippen LogP contribution in [0.1, 0.15) is 33.4 Å². The molecule has 0 radical (unpaired) electrons. The molecular weight excluding hydrogens is 412 g/mol. The number of benzene rings is 3. The summed E-state index contributed by atoms with van der Waals surface area (Å²) >= 11 is 0. The van der Waals surface area contributed by atoms with Crippen molar-refractivity contribution < 1.29 is 12.4 Å². The average molecular weight is 437 g/mol. The maximum absolute atomic E-state index is 4.89. The quantitative estimate of drug-likeness (QED) is 0.223. The van der Waals surface area contributed by atoms with Crippen molar-refractivity contribution in [3.05, 3.63) is 82.0 Å². The zero-order chi connectivity index (χ0) is 20.4. The van der Waals surface area contributed by atoms with Crippen molar-refractivity contribution in [1.82, 2.24) is 9.38 Å². The van der Waals surface area contributed by atoms with Crippen LogP contribution in [0.3, 0.4) is 0 Å². The molecule has 2 heterocycles. The molecule has 0 aliphatic carbocycles. The van der Waals surface area contributed by atoms with Gasteiger partial charge >= 0.3 is 23.1 Å². The summed E-state index contributed by atoms with van der Waals surface area (Å²) in [5, 5.41) is 3.53. The average Bonchev–Trinajstić information content (AvgIpc) is 3.16. The summed E-state index contributed by atoms with van der Waals surface area (Å²) in [7, 11) is 0. The molecule has 152 valence electrons. The van der Waals surface area contributed by atoms with Crippen LogP contribution in [0.5, 0.6) is 0 Å². The molecule has 0 amide bonds. The molecule has 0 aliphatic rings. The minimum Gasteiger partial charge on any atom is -1.00 e. The molecule has 5 rings (SSSR count). The van der Waals surface area contributed by atoms with Gasteiger partial charge in [0, 0.05) is 17.3 Å². The van der Waals surface area contributed by atoms with Crippen molar-refractivity contribution >= 4 is 50.4 Å². The Labute approximate surface area is 206 Å². The first-order valence-corrected chi connectivity index (χ1v) is 10.2. The third kappa shape index (κ3) is 3.34. The van der Waals surface area contributed by atoms with E-state index >= 15 is 0 Å². The van der Waals surface area contributed by atoms with E-state index in [0.29, 0.717) is 0 Å². The van der Waals surface area contributed by atoms with E-state index in [4.69, 9.17) is 4.98 Å². The van der Waals surface area contributed by atoms with Crippen LogP contribution in [0, 0.1) is 47.6 Å². The number of rotatable bonds is 1. The molecule has 4 heteroatoms. The fourth-order valence-electron chi connectivity index (χ4n) is 4.74. The van der Waals surface area contributed by atoms with Crippen molar-refractivity contribution in [2.75, 3.05) is 0 Å². The van der Waals surface area contributed by atoms with Gasteiger partial charge in [-0.15, -0.1) is 29.7 Å². The maximum Gasteiger partial charge on any atom is 2.00 e.